The van der Waals surface area contributed by atoms with E-state index in [2.05, 4.69) is 10.6 Å². The normalized spacial score (nSPS) is 14.5. The van der Waals surface area contributed by atoms with Gasteiger partial charge in [-0.05, 0) is 47.7 Å². The van der Waals surface area contributed by atoms with Gasteiger partial charge >= 0.3 is 5.97 Å². The van der Waals surface area contributed by atoms with Crippen molar-refractivity contribution in [2.75, 3.05) is 6.54 Å². The average molecular weight is 538 g/mol. The van der Waals surface area contributed by atoms with Crippen LogP contribution in [-0.2, 0) is 16.1 Å². The Balaban J connectivity index is 1.44. The number of hydrogen-bond donors (Lipinski definition) is 3. The fourth-order valence-corrected chi connectivity index (χ4v) is 4.65. The molecule has 0 saturated heterocycles. The number of amides is 3. The molecular weight excluding hydrogens is 508 g/mol. The predicted octanol–water partition coefficient (Wildman–Crippen LogP) is 3.88. The summed E-state index contributed by atoms with van der Waals surface area (Å²) in [6, 6.07) is 11.5. The molecule has 39 heavy (non-hydrogen) atoms. The van der Waals surface area contributed by atoms with E-state index in [4.69, 9.17) is 0 Å². The number of aliphatic carboxylic acids is 1. The lowest BCUT2D eigenvalue weighted by Crippen LogP contribution is -2.52. The molecule has 3 N–H and O–H groups in total. The quantitative estimate of drug-likeness (QED) is 0.320. The van der Waals surface area contributed by atoms with E-state index < -0.39 is 47.4 Å². The third-order valence-electron chi connectivity index (χ3n) is 6.67. The van der Waals surface area contributed by atoms with E-state index in [0.29, 0.717) is 6.07 Å². The van der Waals surface area contributed by atoms with E-state index in [1.165, 1.54) is 6.07 Å². The van der Waals surface area contributed by atoms with E-state index in [9.17, 15) is 33.1 Å². The predicted molar refractivity (Wildman–Crippen MR) is 140 cm³/mol. The van der Waals surface area contributed by atoms with Crippen LogP contribution in [0.15, 0.2) is 54.6 Å². The number of carboxylic acid groups (broad SMARTS) is 1. The number of halogens is 2. The third-order valence-corrected chi connectivity index (χ3v) is 6.67. The van der Waals surface area contributed by atoms with Crippen LogP contribution in [0, 0.1) is 17.6 Å². The first-order valence-corrected chi connectivity index (χ1v) is 12.6. The van der Waals surface area contributed by atoms with E-state index in [1.807, 2.05) is 38.1 Å². The molecule has 0 fully saturated rings. The van der Waals surface area contributed by atoms with Crippen molar-refractivity contribution in [3.05, 3.63) is 82.9 Å². The number of carbonyl (C=O) groups is 4. The highest BCUT2D eigenvalue weighted by Crippen LogP contribution is 2.28. The molecule has 0 bridgehead atoms. The second kappa shape index (κ2) is 11.7. The van der Waals surface area contributed by atoms with Crippen molar-refractivity contribution in [3.8, 4) is 0 Å². The van der Waals surface area contributed by atoms with Crippen LogP contribution < -0.4 is 10.6 Å². The summed E-state index contributed by atoms with van der Waals surface area (Å²) < 4.78 is 27.1. The van der Waals surface area contributed by atoms with Crippen molar-refractivity contribution in [2.24, 2.45) is 5.92 Å². The molecule has 1 aliphatic heterocycles. The van der Waals surface area contributed by atoms with Crippen LogP contribution in [0.4, 0.5) is 8.78 Å². The number of carbonyl (C=O) groups excluding carboxylic acids is 3. The van der Waals surface area contributed by atoms with Crippen LogP contribution >= 0.6 is 0 Å². The Kier molecular flexibility index (Phi) is 8.35. The minimum absolute atomic E-state index is 0.00983. The molecule has 4 rings (SSSR count). The minimum Gasteiger partial charge on any atom is -0.480 e. The van der Waals surface area contributed by atoms with E-state index in [-0.39, 0.29) is 48.5 Å². The number of benzene rings is 3. The van der Waals surface area contributed by atoms with Crippen LogP contribution in [0.5, 0.6) is 0 Å². The second-order valence-corrected chi connectivity index (χ2v) is 9.99. The van der Waals surface area contributed by atoms with E-state index >= 15 is 0 Å². The molecule has 0 aliphatic carbocycles. The fraction of sp³-hybridized carbons (Fsp3) is 0.310. The number of nitrogens with one attached hydrogen (secondary N) is 2. The van der Waals surface area contributed by atoms with Crippen molar-refractivity contribution in [1.29, 1.82) is 0 Å². The first-order valence-electron chi connectivity index (χ1n) is 12.6. The van der Waals surface area contributed by atoms with Gasteiger partial charge in [-0.2, -0.15) is 0 Å². The van der Waals surface area contributed by atoms with Crippen molar-refractivity contribution < 1.29 is 33.1 Å². The van der Waals surface area contributed by atoms with Gasteiger partial charge < -0.3 is 10.4 Å². The summed E-state index contributed by atoms with van der Waals surface area (Å²) in [6.07, 6.45) is 0.149. The zero-order chi connectivity index (χ0) is 28.3. The molecule has 2 atom stereocenters. The Morgan fingerprint density at radius 3 is 2.08 bits per heavy atom. The molecule has 2 unspecified atom stereocenters. The molecule has 10 heteroatoms. The molecule has 0 saturated carbocycles. The topological polar surface area (TPSA) is 116 Å². The molecule has 204 valence electrons. The van der Waals surface area contributed by atoms with E-state index in [0.717, 1.165) is 21.7 Å². The zero-order valence-electron chi connectivity index (χ0n) is 21.5. The molecule has 1 aliphatic rings. The molecule has 0 radical (unpaired) electrons. The van der Waals surface area contributed by atoms with Crippen molar-refractivity contribution in [2.45, 2.75) is 45.3 Å². The second-order valence-electron chi connectivity index (χ2n) is 9.99. The van der Waals surface area contributed by atoms with Crippen LogP contribution in [-0.4, -0.2) is 52.3 Å². The summed E-state index contributed by atoms with van der Waals surface area (Å²) >= 11 is 0. The molecule has 3 amide bonds. The van der Waals surface area contributed by atoms with Crippen molar-refractivity contribution in [1.82, 2.24) is 15.5 Å². The van der Waals surface area contributed by atoms with Crippen LogP contribution in [0.3, 0.4) is 0 Å². The standard InChI is InChI=1S/C29H29F2N3O5/c1-16(2)11-25(26(35)32-15-19-7-8-20(30)14-23(19)31)33-24(29(38)39)9-10-34-27(36)21-12-17-5-3-4-6-18(17)13-22(21)28(34)37/h3-8,12-14,16,24-25,33H,9-11,15H2,1-2H3,(H,32,35)(H,38,39). The van der Waals surface area contributed by atoms with Crippen molar-refractivity contribution >= 4 is 34.5 Å². The Labute approximate surface area is 224 Å². The molecule has 3 aromatic carbocycles. The summed E-state index contributed by atoms with van der Waals surface area (Å²) in [5.41, 5.74) is 0.619. The number of fused-ring (bicyclic) bond motifs is 2. The van der Waals surface area contributed by atoms with Gasteiger partial charge in [0, 0.05) is 24.7 Å². The smallest absolute Gasteiger partial charge is 0.320 e. The zero-order valence-corrected chi connectivity index (χ0v) is 21.5. The molecule has 1 heterocycles. The maximum Gasteiger partial charge on any atom is 0.320 e. The van der Waals surface area contributed by atoms with Gasteiger partial charge in [0.1, 0.15) is 17.7 Å². The summed E-state index contributed by atoms with van der Waals surface area (Å²) in [4.78, 5) is 52.0. The van der Waals surface area contributed by atoms with E-state index in [1.54, 1.807) is 12.1 Å². The van der Waals surface area contributed by atoms with Crippen molar-refractivity contribution in [3.63, 3.8) is 0 Å². The number of carboxylic acids is 1. The third kappa shape index (κ3) is 6.28. The lowest BCUT2D eigenvalue weighted by atomic mass is 10.0. The summed E-state index contributed by atoms with van der Waals surface area (Å²) in [6.45, 7) is 3.35. The lowest BCUT2D eigenvalue weighted by Gasteiger charge is -2.25. The average Bonchev–Trinajstić information content (AvgIpc) is 3.11. The number of rotatable bonds is 11. The highest BCUT2D eigenvalue weighted by molar-refractivity contribution is 6.23. The van der Waals surface area contributed by atoms with Gasteiger partial charge in [0.2, 0.25) is 5.91 Å². The highest BCUT2D eigenvalue weighted by atomic mass is 19.1. The van der Waals surface area contributed by atoms with Crippen LogP contribution in [0.25, 0.3) is 10.8 Å². The molecule has 0 spiro atoms. The van der Waals surface area contributed by atoms with Gasteiger partial charge in [-0.1, -0.05) is 44.2 Å². The number of imide groups is 1. The van der Waals surface area contributed by atoms with Gasteiger partial charge in [0.05, 0.1) is 17.2 Å². The van der Waals surface area contributed by atoms with Crippen LogP contribution in [0.2, 0.25) is 0 Å². The molecule has 3 aromatic rings. The highest BCUT2D eigenvalue weighted by Gasteiger charge is 2.37. The lowest BCUT2D eigenvalue weighted by molar-refractivity contribution is -0.140. The Morgan fingerprint density at radius 2 is 1.54 bits per heavy atom. The number of nitrogens with zero attached hydrogens (tertiary/aromatic N) is 1. The Morgan fingerprint density at radius 1 is 0.923 bits per heavy atom. The largest absolute Gasteiger partial charge is 0.480 e. The summed E-state index contributed by atoms with van der Waals surface area (Å²) in [5, 5.41) is 16.9. The monoisotopic (exact) mass is 537 g/mol. The summed E-state index contributed by atoms with van der Waals surface area (Å²) in [7, 11) is 0. The maximum atomic E-state index is 14.0. The first kappa shape index (κ1) is 27.8. The van der Waals surface area contributed by atoms with Crippen LogP contribution in [0.1, 0.15) is 53.0 Å². The SMILES string of the molecule is CC(C)CC(NC(CCN1C(=O)c2cc3ccccc3cc2C1=O)C(=O)O)C(=O)NCc1ccc(F)cc1F. The minimum atomic E-state index is -1.25. The van der Waals surface area contributed by atoms with Gasteiger partial charge in [-0.15, -0.1) is 0 Å². The molecular formula is C29H29F2N3O5. The number of hydrogen-bond acceptors (Lipinski definition) is 5. The Hall–Kier alpha value is -4.18. The maximum absolute atomic E-state index is 14.0. The fourth-order valence-electron chi connectivity index (χ4n) is 4.65. The van der Waals surface area contributed by atoms with Gasteiger partial charge in [-0.25, -0.2) is 8.78 Å². The Bertz CT molecular complexity index is 1390. The first-order chi connectivity index (χ1) is 18.5. The molecule has 8 nitrogen and oxygen atoms in total. The van der Waals surface area contributed by atoms with Gasteiger partial charge in [-0.3, -0.25) is 29.4 Å². The molecule has 0 aromatic heterocycles. The van der Waals surface area contributed by atoms with Gasteiger partial charge in [0.15, 0.2) is 0 Å². The van der Waals surface area contributed by atoms with Gasteiger partial charge in [0.25, 0.3) is 11.8 Å². The summed E-state index contributed by atoms with van der Waals surface area (Å²) in [5.74, 6) is -4.32.